The van der Waals surface area contributed by atoms with Crippen LogP contribution < -0.4 is 0 Å². The molecule has 6 rings (SSSR count). The molecule has 0 bridgehead atoms. The van der Waals surface area contributed by atoms with Crippen molar-refractivity contribution in [3.8, 4) is 33.9 Å². The van der Waals surface area contributed by atoms with Crippen LogP contribution in [-0.4, -0.2) is 35.3 Å². The Morgan fingerprint density at radius 1 is 0.500 bits per heavy atom. The molecule has 196 valence electrons. The second-order valence-corrected chi connectivity index (χ2v) is 9.31. The summed E-state index contributed by atoms with van der Waals surface area (Å²) < 4.78 is 14.2. The summed E-state index contributed by atoms with van der Waals surface area (Å²) in [5, 5.41) is 0. The number of fused-ring (bicyclic) bond motifs is 1. The smallest absolute Gasteiger partial charge is 0.337 e. The third-order valence-corrected chi connectivity index (χ3v) is 7.01. The van der Waals surface area contributed by atoms with Gasteiger partial charge < -0.3 is 18.6 Å². The maximum atomic E-state index is 12.0. The summed E-state index contributed by atoms with van der Waals surface area (Å²) in [6.45, 7) is 0. The average molecular weight is 527 g/mol. The molecule has 0 aliphatic carbocycles. The maximum absolute atomic E-state index is 12.0. The minimum Gasteiger partial charge on any atom is -0.465 e. The molecule has 0 fully saturated rings. The first-order chi connectivity index (χ1) is 19.6. The van der Waals surface area contributed by atoms with E-state index in [1.54, 1.807) is 24.3 Å². The zero-order valence-corrected chi connectivity index (χ0v) is 22.1. The van der Waals surface area contributed by atoms with Gasteiger partial charge in [-0.3, -0.25) is 0 Å². The van der Waals surface area contributed by atoms with Crippen LogP contribution >= 0.6 is 0 Å². The Balaban J connectivity index is 1.61. The summed E-state index contributed by atoms with van der Waals surface area (Å²) in [5.74, 6) is -0.734. The van der Waals surface area contributed by atoms with Gasteiger partial charge in [0.05, 0.1) is 47.8 Å². The van der Waals surface area contributed by atoms with Gasteiger partial charge in [0.25, 0.3) is 0 Å². The molecule has 0 unspecified atom stereocenters. The Morgan fingerprint density at radius 2 is 0.850 bits per heavy atom. The molecule has 40 heavy (non-hydrogen) atoms. The van der Waals surface area contributed by atoms with E-state index in [2.05, 4.69) is 45.5 Å². The van der Waals surface area contributed by atoms with Gasteiger partial charge in [-0.05, 0) is 71.8 Å². The van der Waals surface area contributed by atoms with Crippen molar-refractivity contribution in [3.05, 3.63) is 132 Å². The van der Waals surface area contributed by atoms with Crippen LogP contribution in [0.25, 0.3) is 44.9 Å². The highest BCUT2D eigenvalue weighted by Gasteiger charge is 2.21. The summed E-state index contributed by atoms with van der Waals surface area (Å²) in [5.41, 5.74) is 9.00. The minimum atomic E-state index is -0.367. The van der Waals surface area contributed by atoms with Crippen molar-refractivity contribution < 1.29 is 19.1 Å². The van der Waals surface area contributed by atoms with Crippen LogP contribution in [0.2, 0.25) is 0 Å². The molecule has 2 heterocycles. The molecule has 0 aliphatic heterocycles. The predicted molar refractivity (Wildman–Crippen MR) is 156 cm³/mol. The molecule has 0 spiro atoms. The number of hydrogen-bond acceptors (Lipinski definition) is 4. The largest absolute Gasteiger partial charge is 0.465 e. The Morgan fingerprint density at radius 3 is 1.18 bits per heavy atom. The summed E-state index contributed by atoms with van der Waals surface area (Å²) in [6.07, 6.45) is 0. The van der Waals surface area contributed by atoms with Gasteiger partial charge in [0.2, 0.25) is 0 Å². The molecule has 6 nitrogen and oxygen atoms in total. The lowest BCUT2D eigenvalue weighted by Crippen LogP contribution is -2.01. The second-order valence-electron chi connectivity index (χ2n) is 9.31. The van der Waals surface area contributed by atoms with E-state index in [1.807, 2.05) is 60.7 Å². The monoisotopic (exact) mass is 526 g/mol. The predicted octanol–water partition coefficient (Wildman–Crippen LogP) is 7.33. The molecule has 0 saturated heterocycles. The van der Waals surface area contributed by atoms with Crippen LogP contribution in [0.4, 0.5) is 0 Å². The third-order valence-electron chi connectivity index (χ3n) is 7.01. The molecular formula is C34H26N2O4. The standard InChI is InChI=1S/C34H26N2O4/c1-39-33(37)25-17-13-23(14-18-25)29-21-31-32(35(29)27-9-5-3-6-10-27)22-30(36(31)28-11-7-4-8-12-28)24-15-19-26(20-16-24)34(38)40-2/h3-22H,1-2H3. The second kappa shape index (κ2) is 10.4. The Bertz CT molecular complexity index is 1680. The van der Waals surface area contributed by atoms with Crippen molar-refractivity contribution in [3.63, 3.8) is 0 Å². The van der Waals surface area contributed by atoms with Crippen molar-refractivity contribution in [2.45, 2.75) is 0 Å². The van der Waals surface area contributed by atoms with Gasteiger partial charge in [0.1, 0.15) is 0 Å². The van der Waals surface area contributed by atoms with Gasteiger partial charge in [-0.25, -0.2) is 9.59 Å². The van der Waals surface area contributed by atoms with E-state index in [0.717, 1.165) is 44.9 Å². The fourth-order valence-electron chi connectivity index (χ4n) is 5.08. The van der Waals surface area contributed by atoms with E-state index in [0.29, 0.717) is 11.1 Å². The molecule has 4 aromatic carbocycles. The van der Waals surface area contributed by atoms with E-state index in [-0.39, 0.29) is 11.9 Å². The number of methoxy groups -OCH3 is 2. The summed E-state index contributed by atoms with van der Waals surface area (Å²) in [4.78, 5) is 24.1. The van der Waals surface area contributed by atoms with E-state index in [4.69, 9.17) is 9.47 Å². The van der Waals surface area contributed by atoms with E-state index < -0.39 is 0 Å². The molecule has 0 radical (unpaired) electrons. The number of ether oxygens (including phenoxy) is 2. The zero-order chi connectivity index (χ0) is 27.6. The van der Waals surface area contributed by atoms with Crippen LogP contribution in [0.1, 0.15) is 20.7 Å². The highest BCUT2D eigenvalue weighted by atomic mass is 16.5. The molecule has 0 atom stereocenters. The number of nitrogens with zero attached hydrogens (tertiary/aromatic N) is 2. The molecule has 2 aromatic heterocycles. The Kier molecular flexibility index (Phi) is 6.50. The molecule has 0 saturated carbocycles. The molecule has 0 aliphatic rings. The molecule has 6 aromatic rings. The van der Waals surface area contributed by atoms with Crippen molar-refractivity contribution >= 4 is 23.0 Å². The Hall–Kier alpha value is -5.36. The first kappa shape index (κ1) is 24.9. The number of hydrogen-bond donors (Lipinski definition) is 0. The van der Waals surface area contributed by atoms with Gasteiger partial charge in [-0.15, -0.1) is 0 Å². The van der Waals surface area contributed by atoms with Crippen molar-refractivity contribution in [2.75, 3.05) is 14.2 Å². The van der Waals surface area contributed by atoms with E-state index in [9.17, 15) is 9.59 Å². The van der Waals surface area contributed by atoms with Crippen LogP contribution in [0.5, 0.6) is 0 Å². The molecule has 0 N–H and O–H groups in total. The highest BCUT2D eigenvalue weighted by Crippen LogP contribution is 2.38. The lowest BCUT2D eigenvalue weighted by Gasteiger charge is -2.12. The van der Waals surface area contributed by atoms with E-state index >= 15 is 0 Å². The molecule has 6 heteroatoms. The van der Waals surface area contributed by atoms with Gasteiger partial charge >= 0.3 is 11.9 Å². The summed E-state index contributed by atoms with van der Waals surface area (Å²) >= 11 is 0. The number of aromatic nitrogens is 2. The SMILES string of the molecule is COC(=O)c1ccc(-c2cc3c(cc(-c4ccc(C(=O)OC)cc4)n3-c3ccccc3)n2-c2ccccc2)cc1. The number of para-hydroxylation sites is 2. The fourth-order valence-corrected chi connectivity index (χ4v) is 5.08. The fraction of sp³-hybridized carbons (Fsp3) is 0.0588. The van der Waals surface area contributed by atoms with Crippen LogP contribution in [0, 0.1) is 0 Å². The van der Waals surface area contributed by atoms with E-state index in [1.165, 1.54) is 14.2 Å². The van der Waals surface area contributed by atoms with Crippen molar-refractivity contribution in [2.24, 2.45) is 0 Å². The van der Waals surface area contributed by atoms with Gasteiger partial charge in [-0.1, -0.05) is 60.7 Å². The van der Waals surface area contributed by atoms with Crippen molar-refractivity contribution in [1.82, 2.24) is 9.13 Å². The first-order valence-corrected chi connectivity index (χ1v) is 12.8. The number of carbonyl (C=O) groups excluding carboxylic acids is 2. The normalized spacial score (nSPS) is 10.9. The topological polar surface area (TPSA) is 62.5 Å². The summed E-state index contributed by atoms with van der Waals surface area (Å²) in [6, 6.07) is 39.7. The number of benzene rings is 4. The third kappa shape index (κ3) is 4.35. The number of rotatable bonds is 6. The highest BCUT2D eigenvalue weighted by molar-refractivity contribution is 5.95. The van der Waals surface area contributed by atoms with Gasteiger partial charge in [-0.2, -0.15) is 0 Å². The molecule has 0 amide bonds. The first-order valence-electron chi connectivity index (χ1n) is 12.8. The van der Waals surface area contributed by atoms with Crippen LogP contribution in [0.3, 0.4) is 0 Å². The average Bonchev–Trinajstić information content (AvgIpc) is 3.58. The lowest BCUT2D eigenvalue weighted by molar-refractivity contribution is 0.0592. The summed E-state index contributed by atoms with van der Waals surface area (Å²) in [7, 11) is 2.76. The van der Waals surface area contributed by atoms with Gasteiger partial charge in [0, 0.05) is 11.4 Å². The van der Waals surface area contributed by atoms with Crippen LogP contribution in [0.15, 0.2) is 121 Å². The Labute approximate surface area is 231 Å². The lowest BCUT2D eigenvalue weighted by atomic mass is 10.1. The number of esters is 2. The number of carbonyl (C=O) groups is 2. The maximum Gasteiger partial charge on any atom is 0.337 e. The van der Waals surface area contributed by atoms with Gasteiger partial charge in [0.15, 0.2) is 0 Å². The zero-order valence-electron chi connectivity index (χ0n) is 22.1. The quantitative estimate of drug-likeness (QED) is 0.213. The minimum absolute atomic E-state index is 0.367. The molecular weight excluding hydrogens is 500 g/mol. The van der Waals surface area contributed by atoms with Crippen molar-refractivity contribution in [1.29, 1.82) is 0 Å². The van der Waals surface area contributed by atoms with Crippen LogP contribution in [-0.2, 0) is 9.47 Å².